The van der Waals surface area contributed by atoms with Gasteiger partial charge in [0.1, 0.15) is 23.9 Å². The molecule has 0 aliphatic carbocycles. The van der Waals surface area contributed by atoms with Gasteiger partial charge < -0.3 is 14.7 Å². The molecule has 1 fully saturated rings. The second kappa shape index (κ2) is 9.70. The molecule has 1 atom stereocenters. The molecule has 6 nitrogen and oxygen atoms in total. The number of nitrogens with zero attached hydrogens (tertiary/aromatic N) is 2. The van der Waals surface area contributed by atoms with Crippen LogP contribution in [0.4, 0.5) is 4.39 Å². The summed E-state index contributed by atoms with van der Waals surface area (Å²) in [5.41, 5.74) is 1.67. The van der Waals surface area contributed by atoms with Crippen molar-refractivity contribution in [3.63, 3.8) is 0 Å². The zero-order valence-electron chi connectivity index (χ0n) is 18.6. The lowest BCUT2D eigenvalue weighted by Gasteiger charge is -2.25. The molecule has 0 spiro atoms. The third-order valence-corrected chi connectivity index (χ3v) is 5.62. The normalized spacial score (nSPS) is 17.1. The summed E-state index contributed by atoms with van der Waals surface area (Å²) < 4.78 is 20.5. The first-order valence-electron chi connectivity index (χ1n) is 10.7. The molecule has 0 bridgehead atoms. The van der Waals surface area contributed by atoms with E-state index < -0.39 is 23.5 Å². The zero-order valence-corrected chi connectivity index (χ0v) is 18.6. The quantitative estimate of drug-likeness (QED) is 0.240. The van der Waals surface area contributed by atoms with Crippen LogP contribution < -0.4 is 4.74 Å². The first-order chi connectivity index (χ1) is 16.4. The molecule has 7 heteroatoms. The number of Topliss-reactive ketones (excluding diaryl/α,β-unsaturated/α-hetero) is 1. The van der Waals surface area contributed by atoms with Crippen LogP contribution in [0.25, 0.3) is 5.76 Å². The average molecular weight is 458 g/mol. The van der Waals surface area contributed by atoms with Gasteiger partial charge in [0, 0.05) is 30.1 Å². The van der Waals surface area contributed by atoms with Crippen LogP contribution in [-0.2, 0) is 16.1 Å². The largest absolute Gasteiger partial charge is 0.507 e. The number of aromatic nitrogens is 1. The Morgan fingerprint density at radius 1 is 1.21 bits per heavy atom. The highest BCUT2D eigenvalue weighted by molar-refractivity contribution is 6.46. The number of ether oxygens (including phenoxy) is 1. The molecule has 0 saturated carbocycles. The van der Waals surface area contributed by atoms with Gasteiger partial charge in [-0.25, -0.2) is 4.39 Å². The summed E-state index contributed by atoms with van der Waals surface area (Å²) in [5.74, 6) is -2.06. The maximum atomic E-state index is 14.9. The number of aliphatic hydroxyl groups is 1. The minimum atomic E-state index is -1.10. The van der Waals surface area contributed by atoms with Crippen LogP contribution in [0.5, 0.6) is 5.75 Å². The van der Waals surface area contributed by atoms with E-state index in [1.807, 2.05) is 0 Å². The van der Waals surface area contributed by atoms with E-state index in [1.54, 1.807) is 61.8 Å². The molecule has 2 heterocycles. The first-order valence-corrected chi connectivity index (χ1v) is 10.7. The molecule has 1 aromatic heterocycles. The zero-order chi connectivity index (χ0) is 24.2. The summed E-state index contributed by atoms with van der Waals surface area (Å²) in [4.78, 5) is 31.5. The third-order valence-electron chi connectivity index (χ3n) is 5.62. The van der Waals surface area contributed by atoms with E-state index in [9.17, 15) is 19.1 Å². The molecule has 0 radical (unpaired) electrons. The molecule has 34 heavy (non-hydrogen) atoms. The van der Waals surface area contributed by atoms with Crippen molar-refractivity contribution in [3.8, 4) is 5.75 Å². The van der Waals surface area contributed by atoms with Gasteiger partial charge in [0.05, 0.1) is 11.6 Å². The van der Waals surface area contributed by atoms with Crippen LogP contribution >= 0.6 is 0 Å². The number of ketones is 1. The monoisotopic (exact) mass is 458 g/mol. The minimum Gasteiger partial charge on any atom is -0.507 e. The van der Waals surface area contributed by atoms with Crippen molar-refractivity contribution < 1.29 is 23.8 Å². The topological polar surface area (TPSA) is 79.7 Å². The molecular formula is C27H23FN2O4. The number of halogens is 1. The number of hydrogen-bond donors (Lipinski definition) is 1. The second-order valence-corrected chi connectivity index (χ2v) is 7.89. The van der Waals surface area contributed by atoms with E-state index in [2.05, 4.69) is 11.6 Å². The predicted molar refractivity (Wildman–Crippen MR) is 125 cm³/mol. The molecule has 1 aliphatic heterocycles. The standard InChI is InChI=1S/C27H23FN2O4/c1-3-13-34-22-11-10-19(14-17(22)2)25(31)23-24(20-8-4-5-9-21(20)28)30(27(33)26(23)32)16-18-7-6-12-29-15-18/h3-12,14-15,24,31H,1,13,16H2,2H3/t24-/m1/s1. The van der Waals surface area contributed by atoms with Crippen molar-refractivity contribution in [2.45, 2.75) is 19.5 Å². The number of amides is 1. The number of hydrogen-bond acceptors (Lipinski definition) is 5. The van der Waals surface area contributed by atoms with E-state index in [4.69, 9.17) is 4.74 Å². The molecule has 1 N–H and O–H groups in total. The predicted octanol–water partition coefficient (Wildman–Crippen LogP) is 4.72. The molecule has 1 saturated heterocycles. The van der Waals surface area contributed by atoms with Crippen LogP contribution in [0, 0.1) is 12.7 Å². The fraction of sp³-hybridized carbons (Fsp3) is 0.148. The SMILES string of the molecule is C=CCOc1ccc(C(O)=C2C(=O)C(=O)N(Cc3cccnc3)[C@@H]2c2ccccc2F)cc1C. The summed E-state index contributed by atoms with van der Waals surface area (Å²) in [6.45, 7) is 5.76. The van der Waals surface area contributed by atoms with E-state index in [0.29, 0.717) is 23.5 Å². The highest BCUT2D eigenvalue weighted by Gasteiger charge is 2.47. The first kappa shape index (κ1) is 22.9. The molecule has 2 aromatic carbocycles. The van der Waals surface area contributed by atoms with Crippen molar-refractivity contribution in [1.29, 1.82) is 0 Å². The van der Waals surface area contributed by atoms with Crippen molar-refractivity contribution in [3.05, 3.63) is 113 Å². The number of aryl methyl sites for hydroxylation is 1. The van der Waals surface area contributed by atoms with Crippen LogP contribution in [0.1, 0.15) is 28.3 Å². The Hall–Kier alpha value is -4.26. The molecule has 1 amide bonds. The number of carbonyl (C=O) groups excluding carboxylic acids is 2. The van der Waals surface area contributed by atoms with Gasteiger partial charge in [-0.3, -0.25) is 14.6 Å². The molecule has 172 valence electrons. The minimum absolute atomic E-state index is 0.0293. The number of rotatable bonds is 7. The smallest absolute Gasteiger partial charge is 0.295 e. The van der Waals surface area contributed by atoms with Crippen molar-refractivity contribution >= 4 is 17.4 Å². The van der Waals surface area contributed by atoms with E-state index in [1.165, 1.54) is 23.1 Å². The van der Waals surface area contributed by atoms with E-state index >= 15 is 0 Å². The fourth-order valence-electron chi connectivity index (χ4n) is 4.01. The number of aliphatic hydroxyl groups excluding tert-OH is 1. The van der Waals surface area contributed by atoms with Crippen LogP contribution in [0.15, 0.2) is 85.2 Å². The lowest BCUT2D eigenvalue weighted by atomic mass is 9.94. The summed E-state index contributed by atoms with van der Waals surface area (Å²) >= 11 is 0. The van der Waals surface area contributed by atoms with Gasteiger partial charge in [0.2, 0.25) is 0 Å². The van der Waals surface area contributed by atoms with Gasteiger partial charge in [-0.15, -0.1) is 0 Å². The maximum absolute atomic E-state index is 14.9. The molecule has 4 rings (SSSR count). The number of benzene rings is 2. The second-order valence-electron chi connectivity index (χ2n) is 7.89. The lowest BCUT2D eigenvalue weighted by molar-refractivity contribution is -0.140. The van der Waals surface area contributed by atoms with E-state index in [-0.39, 0.29) is 23.4 Å². The Labute approximate surface area is 196 Å². The lowest BCUT2D eigenvalue weighted by Crippen LogP contribution is -2.29. The van der Waals surface area contributed by atoms with Gasteiger partial charge in [-0.1, -0.05) is 36.9 Å². The Kier molecular flexibility index (Phi) is 6.54. The average Bonchev–Trinajstić information content (AvgIpc) is 3.08. The van der Waals surface area contributed by atoms with Crippen LogP contribution in [0.3, 0.4) is 0 Å². The Bertz CT molecular complexity index is 1290. The third kappa shape index (κ3) is 4.32. The van der Waals surface area contributed by atoms with Gasteiger partial charge in [0.15, 0.2) is 0 Å². The van der Waals surface area contributed by atoms with Crippen molar-refractivity contribution in [2.24, 2.45) is 0 Å². The molecule has 1 aliphatic rings. The number of pyridine rings is 1. The maximum Gasteiger partial charge on any atom is 0.295 e. The van der Waals surface area contributed by atoms with Crippen LogP contribution in [-0.4, -0.2) is 33.3 Å². The van der Waals surface area contributed by atoms with Crippen molar-refractivity contribution in [2.75, 3.05) is 6.61 Å². The van der Waals surface area contributed by atoms with E-state index in [0.717, 1.165) is 5.56 Å². The number of carbonyl (C=O) groups is 2. The summed E-state index contributed by atoms with van der Waals surface area (Å²) in [7, 11) is 0. The fourth-order valence-corrected chi connectivity index (χ4v) is 4.01. The molecular weight excluding hydrogens is 435 g/mol. The highest BCUT2D eigenvalue weighted by Crippen LogP contribution is 2.41. The van der Waals surface area contributed by atoms with Crippen molar-refractivity contribution in [1.82, 2.24) is 9.88 Å². The molecule has 0 unspecified atom stereocenters. The van der Waals surface area contributed by atoms with Gasteiger partial charge in [-0.05, 0) is 48.4 Å². The van der Waals surface area contributed by atoms with Crippen LogP contribution in [0.2, 0.25) is 0 Å². The summed E-state index contributed by atoms with van der Waals surface area (Å²) in [6, 6.07) is 13.2. The highest BCUT2D eigenvalue weighted by atomic mass is 19.1. The Balaban J connectivity index is 1.84. The summed E-state index contributed by atoms with van der Waals surface area (Å²) in [5, 5.41) is 11.2. The summed E-state index contributed by atoms with van der Waals surface area (Å²) in [6.07, 6.45) is 4.78. The van der Waals surface area contributed by atoms with Gasteiger partial charge in [0.25, 0.3) is 11.7 Å². The van der Waals surface area contributed by atoms with Gasteiger partial charge in [-0.2, -0.15) is 0 Å². The number of likely N-dealkylation sites (tertiary alicyclic amines) is 1. The Morgan fingerprint density at radius 2 is 2.00 bits per heavy atom. The molecule has 3 aromatic rings. The van der Waals surface area contributed by atoms with Gasteiger partial charge >= 0.3 is 0 Å². The Morgan fingerprint density at radius 3 is 2.68 bits per heavy atom.